The van der Waals surface area contributed by atoms with E-state index in [4.69, 9.17) is 16.3 Å². The van der Waals surface area contributed by atoms with Crippen LogP contribution in [0, 0.1) is 0 Å². The summed E-state index contributed by atoms with van der Waals surface area (Å²) in [5.41, 5.74) is 1.83. The Labute approximate surface area is 165 Å². The lowest BCUT2D eigenvalue weighted by Crippen LogP contribution is -2.13. The van der Waals surface area contributed by atoms with Crippen molar-refractivity contribution in [1.29, 1.82) is 0 Å². The molecule has 0 heterocycles. The van der Waals surface area contributed by atoms with Gasteiger partial charge in [0.05, 0.1) is 10.1 Å². The fourth-order valence-corrected chi connectivity index (χ4v) is 4.87. The lowest BCUT2D eigenvalue weighted by Gasteiger charge is -2.17. The molecule has 0 saturated carbocycles. The molecular formula is C22H21ClO3S. The second kappa shape index (κ2) is 8.59. The third kappa shape index (κ3) is 4.71. The number of rotatable bonds is 7. The number of hydrogen-bond acceptors (Lipinski definition) is 3. The highest BCUT2D eigenvalue weighted by molar-refractivity contribution is 7.91. The van der Waals surface area contributed by atoms with Gasteiger partial charge in [0.1, 0.15) is 12.4 Å². The van der Waals surface area contributed by atoms with Crippen LogP contribution < -0.4 is 4.74 Å². The van der Waals surface area contributed by atoms with E-state index in [1.807, 2.05) is 61.5 Å². The van der Waals surface area contributed by atoms with Crippen LogP contribution in [0.25, 0.3) is 0 Å². The maximum absolute atomic E-state index is 13.0. The van der Waals surface area contributed by atoms with E-state index in [2.05, 4.69) is 0 Å². The fourth-order valence-electron chi connectivity index (χ4n) is 2.94. The molecule has 3 aromatic rings. The van der Waals surface area contributed by atoms with Crippen LogP contribution in [0.3, 0.4) is 0 Å². The predicted molar refractivity (Wildman–Crippen MR) is 109 cm³/mol. The summed E-state index contributed by atoms with van der Waals surface area (Å²) < 4.78 is 31.8. The molecule has 0 fully saturated rings. The first kappa shape index (κ1) is 19.5. The summed E-state index contributed by atoms with van der Waals surface area (Å²) in [5, 5.41) is -0.0937. The van der Waals surface area contributed by atoms with Gasteiger partial charge in [0.25, 0.3) is 0 Å². The molecule has 0 spiro atoms. The Morgan fingerprint density at radius 1 is 0.889 bits per heavy atom. The van der Waals surface area contributed by atoms with E-state index in [1.54, 1.807) is 24.3 Å². The summed E-state index contributed by atoms with van der Waals surface area (Å²) in [6, 6.07) is 23.5. The van der Waals surface area contributed by atoms with Crippen LogP contribution in [0.15, 0.2) is 83.8 Å². The topological polar surface area (TPSA) is 43.4 Å². The van der Waals surface area contributed by atoms with Gasteiger partial charge < -0.3 is 4.74 Å². The van der Waals surface area contributed by atoms with Crippen molar-refractivity contribution in [3.05, 3.63) is 95.0 Å². The van der Waals surface area contributed by atoms with Gasteiger partial charge in [0.2, 0.25) is 0 Å². The van der Waals surface area contributed by atoms with Gasteiger partial charge in [-0.2, -0.15) is 0 Å². The van der Waals surface area contributed by atoms with E-state index >= 15 is 0 Å². The van der Waals surface area contributed by atoms with Crippen LogP contribution in [0.4, 0.5) is 0 Å². The molecule has 0 bridgehead atoms. The van der Waals surface area contributed by atoms with Gasteiger partial charge >= 0.3 is 0 Å². The Bertz CT molecular complexity index is 966. The van der Waals surface area contributed by atoms with Gasteiger partial charge in [-0.3, -0.25) is 0 Å². The normalized spacial score (nSPS) is 12.5. The van der Waals surface area contributed by atoms with Gasteiger partial charge in [-0.25, -0.2) is 8.42 Å². The molecule has 3 aromatic carbocycles. The standard InChI is InChI=1S/C22H21ClO3S/c1-2-22(27(24,25)21-14-10-19(23)11-15-21)18-8-12-20(13-9-18)26-16-17-6-4-3-5-7-17/h3-15,22H,2,16H2,1H3. The van der Waals surface area contributed by atoms with E-state index in [0.29, 0.717) is 23.8 Å². The van der Waals surface area contributed by atoms with E-state index in [9.17, 15) is 8.42 Å². The molecule has 0 saturated heterocycles. The summed E-state index contributed by atoms with van der Waals surface area (Å²) in [5.74, 6) is 0.710. The minimum atomic E-state index is -3.49. The summed E-state index contributed by atoms with van der Waals surface area (Å²) in [7, 11) is -3.49. The highest BCUT2D eigenvalue weighted by Crippen LogP contribution is 2.33. The quantitative estimate of drug-likeness (QED) is 0.500. The zero-order chi connectivity index (χ0) is 19.3. The Kier molecular flexibility index (Phi) is 6.19. The third-order valence-electron chi connectivity index (χ3n) is 4.39. The first-order valence-electron chi connectivity index (χ1n) is 8.77. The van der Waals surface area contributed by atoms with Crippen LogP contribution >= 0.6 is 11.6 Å². The molecule has 1 unspecified atom stereocenters. The lowest BCUT2D eigenvalue weighted by atomic mass is 10.1. The van der Waals surface area contributed by atoms with Gasteiger partial charge in [0, 0.05) is 5.02 Å². The van der Waals surface area contributed by atoms with Crippen LogP contribution in [0.1, 0.15) is 29.7 Å². The smallest absolute Gasteiger partial charge is 0.185 e. The SMILES string of the molecule is CCC(c1ccc(OCc2ccccc2)cc1)S(=O)(=O)c1ccc(Cl)cc1. The molecular weight excluding hydrogens is 380 g/mol. The number of sulfone groups is 1. The minimum absolute atomic E-state index is 0.281. The summed E-state index contributed by atoms with van der Waals surface area (Å²) in [6.45, 7) is 2.35. The predicted octanol–water partition coefficient (Wildman–Crippen LogP) is 5.84. The van der Waals surface area contributed by atoms with Crippen molar-refractivity contribution < 1.29 is 13.2 Å². The molecule has 3 rings (SSSR count). The largest absolute Gasteiger partial charge is 0.489 e. The Morgan fingerprint density at radius 3 is 2.11 bits per heavy atom. The zero-order valence-corrected chi connectivity index (χ0v) is 16.6. The molecule has 5 heteroatoms. The lowest BCUT2D eigenvalue weighted by molar-refractivity contribution is 0.306. The van der Waals surface area contributed by atoms with E-state index in [1.165, 1.54) is 0 Å². The molecule has 1 atom stereocenters. The van der Waals surface area contributed by atoms with Crippen molar-refractivity contribution in [2.45, 2.75) is 30.1 Å². The van der Waals surface area contributed by atoms with E-state index < -0.39 is 15.1 Å². The van der Waals surface area contributed by atoms with Gasteiger partial charge in [0.15, 0.2) is 9.84 Å². The maximum atomic E-state index is 13.0. The molecule has 0 amide bonds. The highest BCUT2D eigenvalue weighted by atomic mass is 35.5. The Hall–Kier alpha value is -2.30. The van der Waals surface area contributed by atoms with Crippen molar-refractivity contribution in [3.8, 4) is 5.75 Å². The fraction of sp³-hybridized carbons (Fsp3) is 0.182. The van der Waals surface area contributed by atoms with Gasteiger partial charge in [-0.15, -0.1) is 0 Å². The first-order chi connectivity index (χ1) is 13.0. The van der Waals surface area contributed by atoms with Gasteiger partial charge in [-0.1, -0.05) is 61.0 Å². The van der Waals surface area contributed by atoms with Crippen molar-refractivity contribution in [1.82, 2.24) is 0 Å². The molecule has 0 aliphatic heterocycles. The summed E-state index contributed by atoms with van der Waals surface area (Å²) in [6.07, 6.45) is 0.481. The monoisotopic (exact) mass is 400 g/mol. The average Bonchev–Trinajstić information content (AvgIpc) is 2.69. The number of hydrogen-bond donors (Lipinski definition) is 0. The third-order valence-corrected chi connectivity index (χ3v) is 6.92. The van der Waals surface area contributed by atoms with Crippen LogP contribution in [-0.2, 0) is 16.4 Å². The highest BCUT2D eigenvalue weighted by Gasteiger charge is 2.27. The van der Waals surface area contributed by atoms with Crippen LogP contribution in [0.5, 0.6) is 5.75 Å². The van der Waals surface area contributed by atoms with Crippen molar-refractivity contribution >= 4 is 21.4 Å². The zero-order valence-electron chi connectivity index (χ0n) is 15.0. The second-order valence-electron chi connectivity index (χ2n) is 6.24. The molecule has 140 valence electrons. The molecule has 0 N–H and O–H groups in total. The molecule has 0 aliphatic rings. The number of ether oxygens (including phenoxy) is 1. The Morgan fingerprint density at radius 2 is 1.52 bits per heavy atom. The van der Waals surface area contributed by atoms with Gasteiger partial charge in [-0.05, 0) is 53.9 Å². The second-order valence-corrected chi connectivity index (χ2v) is 8.81. The van der Waals surface area contributed by atoms with Crippen LogP contribution in [-0.4, -0.2) is 8.42 Å². The number of benzene rings is 3. The molecule has 27 heavy (non-hydrogen) atoms. The Balaban J connectivity index is 1.76. The van der Waals surface area contributed by atoms with E-state index in [-0.39, 0.29) is 4.90 Å². The molecule has 0 aromatic heterocycles. The molecule has 0 radical (unpaired) electrons. The van der Waals surface area contributed by atoms with Crippen molar-refractivity contribution in [2.24, 2.45) is 0 Å². The first-order valence-corrected chi connectivity index (χ1v) is 10.7. The summed E-state index contributed by atoms with van der Waals surface area (Å²) >= 11 is 5.87. The molecule has 3 nitrogen and oxygen atoms in total. The molecule has 0 aliphatic carbocycles. The van der Waals surface area contributed by atoms with Crippen LogP contribution in [0.2, 0.25) is 5.02 Å². The minimum Gasteiger partial charge on any atom is -0.489 e. The number of halogens is 1. The van der Waals surface area contributed by atoms with E-state index in [0.717, 1.165) is 11.1 Å². The van der Waals surface area contributed by atoms with Crippen molar-refractivity contribution in [3.63, 3.8) is 0 Å². The summed E-state index contributed by atoms with van der Waals surface area (Å²) in [4.78, 5) is 0.281. The maximum Gasteiger partial charge on any atom is 0.185 e. The average molecular weight is 401 g/mol. The van der Waals surface area contributed by atoms with Crippen molar-refractivity contribution in [2.75, 3.05) is 0 Å².